The highest BCUT2D eigenvalue weighted by Crippen LogP contribution is 2.16. The Labute approximate surface area is 90.3 Å². The van der Waals surface area contributed by atoms with E-state index in [4.69, 9.17) is 5.73 Å². The van der Waals surface area contributed by atoms with Crippen molar-refractivity contribution in [1.82, 2.24) is 4.90 Å². The number of nitrogens with zero attached hydrogens (tertiary/aromatic N) is 1. The Morgan fingerprint density at radius 2 is 1.80 bits per heavy atom. The lowest BCUT2D eigenvalue weighted by Gasteiger charge is -2.13. The molecule has 2 nitrogen and oxygen atoms in total. The van der Waals surface area contributed by atoms with Gasteiger partial charge < -0.3 is 5.73 Å². The van der Waals surface area contributed by atoms with Crippen molar-refractivity contribution >= 4 is 10.8 Å². The smallest absolute Gasteiger partial charge is 0.0455 e. The minimum atomic E-state index is 0.590. The van der Waals surface area contributed by atoms with Crippen LogP contribution in [-0.4, -0.2) is 18.6 Å². The zero-order chi connectivity index (χ0) is 10.7. The van der Waals surface area contributed by atoms with Gasteiger partial charge in [-0.3, -0.25) is 4.90 Å². The molecular formula is C13H16N2. The van der Waals surface area contributed by atoms with Crippen molar-refractivity contribution in [2.24, 2.45) is 5.73 Å². The van der Waals surface area contributed by atoms with Gasteiger partial charge in [0.1, 0.15) is 0 Å². The summed E-state index contributed by atoms with van der Waals surface area (Å²) >= 11 is 0. The van der Waals surface area contributed by atoms with Gasteiger partial charge >= 0.3 is 0 Å². The molecule has 2 heteroatoms. The average molecular weight is 200 g/mol. The maximum absolute atomic E-state index is 5.56. The van der Waals surface area contributed by atoms with E-state index >= 15 is 0 Å². The number of hydrogen-bond acceptors (Lipinski definition) is 2. The maximum Gasteiger partial charge on any atom is 0.0455 e. The van der Waals surface area contributed by atoms with Crippen LogP contribution in [0, 0.1) is 0 Å². The Bertz CT molecular complexity index is 451. The minimum absolute atomic E-state index is 0.590. The molecule has 0 aliphatic heterocycles. The van der Waals surface area contributed by atoms with Crippen LogP contribution in [0.5, 0.6) is 0 Å². The molecule has 0 spiro atoms. The van der Waals surface area contributed by atoms with Crippen molar-refractivity contribution in [3.8, 4) is 0 Å². The van der Waals surface area contributed by atoms with Crippen LogP contribution >= 0.6 is 0 Å². The summed E-state index contributed by atoms with van der Waals surface area (Å²) in [5.74, 6) is 0. The minimum Gasteiger partial charge on any atom is -0.318 e. The van der Waals surface area contributed by atoms with Gasteiger partial charge in [0.25, 0.3) is 0 Å². The number of benzene rings is 2. The van der Waals surface area contributed by atoms with E-state index in [2.05, 4.69) is 47.4 Å². The van der Waals surface area contributed by atoms with E-state index in [-0.39, 0.29) is 0 Å². The van der Waals surface area contributed by atoms with Crippen LogP contribution in [0.4, 0.5) is 0 Å². The van der Waals surface area contributed by atoms with Gasteiger partial charge in [0.15, 0.2) is 0 Å². The fourth-order valence-electron chi connectivity index (χ4n) is 1.71. The molecule has 0 saturated heterocycles. The first-order valence-corrected chi connectivity index (χ1v) is 5.16. The number of rotatable bonds is 3. The molecule has 0 aromatic heterocycles. The Morgan fingerprint density at radius 1 is 1.07 bits per heavy atom. The van der Waals surface area contributed by atoms with Gasteiger partial charge in [-0.25, -0.2) is 0 Å². The molecule has 2 N–H and O–H groups in total. The van der Waals surface area contributed by atoms with E-state index in [1.807, 2.05) is 7.05 Å². The second kappa shape index (κ2) is 4.43. The summed E-state index contributed by atoms with van der Waals surface area (Å²) in [5, 5.41) is 2.58. The largest absolute Gasteiger partial charge is 0.318 e. The SMILES string of the molecule is CN(CN)Cc1ccc2ccccc2c1. The Hall–Kier alpha value is -1.38. The molecule has 0 atom stereocenters. The molecule has 2 aromatic rings. The summed E-state index contributed by atoms with van der Waals surface area (Å²) in [5.41, 5.74) is 6.87. The van der Waals surface area contributed by atoms with E-state index in [0.29, 0.717) is 6.67 Å². The van der Waals surface area contributed by atoms with Crippen LogP contribution in [0.3, 0.4) is 0 Å². The molecule has 0 radical (unpaired) electrons. The summed E-state index contributed by atoms with van der Waals surface area (Å²) < 4.78 is 0. The van der Waals surface area contributed by atoms with Crippen LogP contribution in [0.1, 0.15) is 5.56 Å². The van der Waals surface area contributed by atoms with Crippen LogP contribution in [0.2, 0.25) is 0 Å². The summed E-state index contributed by atoms with van der Waals surface area (Å²) in [6.45, 7) is 1.49. The van der Waals surface area contributed by atoms with E-state index in [9.17, 15) is 0 Å². The van der Waals surface area contributed by atoms with Gasteiger partial charge in [-0.15, -0.1) is 0 Å². The highest BCUT2D eigenvalue weighted by molar-refractivity contribution is 5.82. The van der Waals surface area contributed by atoms with Crippen molar-refractivity contribution in [2.45, 2.75) is 6.54 Å². The first-order chi connectivity index (χ1) is 7.29. The number of fused-ring (bicyclic) bond motifs is 1. The van der Waals surface area contributed by atoms with Gasteiger partial charge in [0.05, 0.1) is 0 Å². The second-order valence-corrected chi connectivity index (χ2v) is 3.88. The standard InChI is InChI=1S/C13H16N2/c1-15(10-14)9-11-6-7-12-4-2-3-5-13(12)8-11/h2-8H,9-10,14H2,1H3. The fourth-order valence-corrected chi connectivity index (χ4v) is 1.71. The molecule has 0 aliphatic carbocycles. The first kappa shape index (κ1) is 10.1. The van der Waals surface area contributed by atoms with Gasteiger partial charge in [0, 0.05) is 13.2 Å². The summed E-state index contributed by atoms with van der Waals surface area (Å²) in [4.78, 5) is 2.09. The summed E-state index contributed by atoms with van der Waals surface area (Å²) in [6, 6.07) is 14.9. The summed E-state index contributed by atoms with van der Waals surface area (Å²) in [6.07, 6.45) is 0. The molecule has 0 saturated carbocycles. The van der Waals surface area contributed by atoms with Crippen molar-refractivity contribution in [1.29, 1.82) is 0 Å². The predicted molar refractivity (Wildman–Crippen MR) is 64.5 cm³/mol. The molecule has 2 aromatic carbocycles. The molecule has 15 heavy (non-hydrogen) atoms. The molecular weight excluding hydrogens is 184 g/mol. The van der Waals surface area contributed by atoms with Gasteiger partial charge in [-0.2, -0.15) is 0 Å². The monoisotopic (exact) mass is 200 g/mol. The number of nitrogens with two attached hydrogens (primary N) is 1. The number of hydrogen-bond donors (Lipinski definition) is 1. The lowest BCUT2D eigenvalue weighted by molar-refractivity contribution is 0.337. The predicted octanol–water partition coefficient (Wildman–Crippen LogP) is 2.19. The Balaban J connectivity index is 2.30. The quantitative estimate of drug-likeness (QED) is 0.769. The third-order valence-corrected chi connectivity index (χ3v) is 2.58. The highest BCUT2D eigenvalue weighted by Gasteiger charge is 1.99. The third kappa shape index (κ3) is 2.35. The highest BCUT2D eigenvalue weighted by atomic mass is 15.1. The topological polar surface area (TPSA) is 29.3 Å². The van der Waals surface area contributed by atoms with E-state index in [1.165, 1.54) is 16.3 Å². The van der Waals surface area contributed by atoms with Crippen LogP contribution in [0.15, 0.2) is 42.5 Å². The van der Waals surface area contributed by atoms with Crippen molar-refractivity contribution in [3.05, 3.63) is 48.0 Å². The first-order valence-electron chi connectivity index (χ1n) is 5.16. The van der Waals surface area contributed by atoms with Crippen molar-refractivity contribution < 1.29 is 0 Å². The molecule has 0 fully saturated rings. The molecule has 0 heterocycles. The van der Waals surface area contributed by atoms with Crippen molar-refractivity contribution in [3.63, 3.8) is 0 Å². The van der Waals surface area contributed by atoms with E-state index in [0.717, 1.165) is 6.54 Å². The van der Waals surface area contributed by atoms with Gasteiger partial charge in [-0.05, 0) is 29.4 Å². The van der Waals surface area contributed by atoms with Crippen molar-refractivity contribution in [2.75, 3.05) is 13.7 Å². The zero-order valence-corrected chi connectivity index (χ0v) is 8.98. The van der Waals surface area contributed by atoms with Gasteiger partial charge in [0.2, 0.25) is 0 Å². The van der Waals surface area contributed by atoms with Gasteiger partial charge in [-0.1, -0.05) is 36.4 Å². The lowest BCUT2D eigenvalue weighted by atomic mass is 10.1. The molecule has 0 bridgehead atoms. The molecule has 0 unspecified atom stereocenters. The maximum atomic E-state index is 5.56. The zero-order valence-electron chi connectivity index (χ0n) is 8.98. The molecule has 0 amide bonds. The van der Waals surface area contributed by atoms with Crippen LogP contribution in [0.25, 0.3) is 10.8 Å². The van der Waals surface area contributed by atoms with Crippen LogP contribution < -0.4 is 5.73 Å². The summed E-state index contributed by atoms with van der Waals surface area (Å²) in [7, 11) is 2.02. The molecule has 0 aliphatic rings. The Kier molecular flexibility index (Phi) is 2.99. The second-order valence-electron chi connectivity index (χ2n) is 3.88. The molecule has 2 rings (SSSR count). The Morgan fingerprint density at radius 3 is 2.53 bits per heavy atom. The third-order valence-electron chi connectivity index (χ3n) is 2.58. The average Bonchev–Trinajstić information content (AvgIpc) is 2.29. The van der Waals surface area contributed by atoms with Crippen LogP contribution in [-0.2, 0) is 6.54 Å². The molecule has 78 valence electrons. The fraction of sp³-hybridized carbons (Fsp3) is 0.231. The van der Waals surface area contributed by atoms with E-state index < -0.39 is 0 Å². The lowest BCUT2D eigenvalue weighted by Crippen LogP contribution is -2.24. The normalized spacial score (nSPS) is 11.1. The van der Waals surface area contributed by atoms with E-state index in [1.54, 1.807) is 0 Å².